The van der Waals surface area contributed by atoms with Crippen molar-refractivity contribution in [3.8, 4) is 0 Å². The van der Waals surface area contributed by atoms with Crippen molar-refractivity contribution < 1.29 is 4.74 Å². The Hall–Kier alpha value is -1.55. The topological polar surface area (TPSA) is 26.5 Å². The lowest BCUT2D eigenvalue weighted by molar-refractivity contribution is 0.145. The molecule has 3 nitrogen and oxygen atoms in total. The quantitative estimate of drug-likeness (QED) is 0.519. The van der Waals surface area contributed by atoms with E-state index < -0.39 is 0 Å². The molecule has 0 aliphatic heterocycles. The molecule has 0 saturated heterocycles. The Kier molecular flexibility index (Phi) is 4.88. The Balaban J connectivity index is 0.00000161. The molecule has 2 heterocycles. The molecule has 0 amide bonds. The summed E-state index contributed by atoms with van der Waals surface area (Å²) in [5, 5.41) is 2.82. The third-order valence-electron chi connectivity index (χ3n) is 3.37. The highest BCUT2D eigenvalue weighted by atomic mass is 35.5. The number of nitrogens with zero attached hydrogens (tertiary/aromatic N) is 2. The summed E-state index contributed by atoms with van der Waals surface area (Å²) >= 11 is 6.23. The number of aromatic nitrogens is 2. The first kappa shape index (κ1) is 15.8. The van der Waals surface area contributed by atoms with Gasteiger partial charge in [-0.2, -0.15) is 0 Å². The van der Waals surface area contributed by atoms with Gasteiger partial charge in [-0.25, -0.2) is 4.98 Å². The van der Waals surface area contributed by atoms with Crippen molar-refractivity contribution in [1.82, 2.24) is 9.38 Å². The second-order valence-corrected chi connectivity index (χ2v) is 5.07. The van der Waals surface area contributed by atoms with Crippen LogP contribution >= 0.6 is 24.0 Å². The first-order chi connectivity index (χ1) is 9.72. The molecule has 0 aliphatic carbocycles. The third-order valence-corrected chi connectivity index (χ3v) is 3.70. The van der Waals surface area contributed by atoms with Crippen molar-refractivity contribution in [3.63, 3.8) is 0 Å². The minimum Gasteiger partial charge on any atom is -0.371 e. The summed E-state index contributed by atoms with van der Waals surface area (Å²) in [6.45, 7) is 6.70. The van der Waals surface area contributed by atoms with E-state index in [0.717, 1.165) is 32.8 Å². The Labute approximate surface area is 134 Å². The van der Waals surface area contributed by atoms with Crippen LogP contribution in [0.3, 0.4) is 0 Å². The number of fused-ring (bicyclic) bond motifs is 3. The van der Waals surface area contributed by atoms with E-state index in [2.05, 4.69) is 16.0 Å². The van der Waals surface area contributed by atoms with E-state index in [1.807, 2.05) is 37.4 Å². The van der Waals surface area contributed by atoms with E-state index >= 15 is 0 Å². The number of ether oxygens (including phenoxy) is 1. The minimum absolute atomic E-state index is 0. The summed E-state index contributed by atoms with van der Waals surface area (Å²) in [5.74, 6) is 0. The Morgan fingerprint density at radius 2 is 2.14 bits per heavy atom. The van der Waals surface area contributed by atoms with Crippen LogP contribution in [0, 0.1) is 6.92 Å². The van der Waals surface area contributed by atoms with Gasteiger partial charge in [0.25, 0.3) is 0 Å². The molecule has 3 aromatic rings. The lowest BCUT2D eigenvalue weighted by Gasteiger charge is -2.06. The van der Waals surface area contributed by atoms with E-state index in [1.165, 1.54) is 0 Å². The van der Waals surface area contributed by atoms with Crippen LogP contribution in [0.1, 0.15) is 11.4 Å². The molecule has 0 aliphatic rings. The van der Waals surface area contributed by atoms with Crippen LogP contribution in [0.5, 0.6) is 0 Å². The molecule has 1 aromatic carbocycles. The van der Waals surface area contributed by atoms with Gasteiger partial charge >= 0.3 is 0 Å². The van der Waals surface area contributed by atoms with Crippen molar-refractivity contribution in [2.24, 2.45) is 0 Å². The van der Waals surface area contributed by atoms with E-state index in [9.17, 15) is 0 Å². The van der Waals surface area contributed by atoms with E-state index in [4.69, 9.17) is 16.3 Å². The monoisotopic (exact) mass is 322 g/mol. The zero-order valence-electron chi connectivity index (χ0n) is 11.7. The molecule has 0 fully saturated rings. The molecule has 0 atom stereocenters. The number of halogens is 2. The predicted molar refractivity (Wildman–Crippen MR) is 89.5 cm³/mol. The predicted octanol–water partition coefficient (Wildman–Crippen LogP) is 4.57. The second-order valence-electron chi connectivity index (χ2n) is 4.66. The highest BCUT2D eigenvalue weighted by Gasteiger charge is 2.12. The van der Waals surface area contributed by atoms with Crippen LogP contribution in [0.25, 0.3) is 16.4 Å². The molecule has 0 unspecified atom stereocenters. The Bertz CT molecular complexity index is 796. The van der Waals surface area contributed by atoms with Gasteiger partial charge in [0.1, 0.15) is 5.65 Å². The fourth-order valence-electron chi connectivity index (χ4n) is 2.39. The van der Waals surface area contributed by atoms with Gasteiger partial charge in [0.05, 0.1) is 24.6 Å². The molecule has 3 rings (SSSR count). The fourth-order valence-corrected chi connectivity index (χ4v) is 2.63. The Morgan fingerprint density at radius 3 is 2.90 bits per heavy atom. The van der Waals surface area contributed by atoms with Crippen molar-refractivity contribution in [3.05, 3.63) is 59.5 Å². The highest BCUT2D eigenvalue weighted by molar-refractivity contribution is 6.35. The molecular formula is C16H16Cl2N2O. The number of imidazole rings is 1. The van der Waals surface area contributed by atoms with Crippen molar-refractivity contribution >= 4 is 40.4 Å². The van der Waals surface area contributed by atoms with E-state index in [-0.39, 0.29) is 12.4 Å². The number of pyridine rings is 1. The van der Waals surface area contributed by atoms with Crippen LogP contribution in [0.4, 0.5) is 0 Å². The minimum atomic E-state index is 0. The number of hydrogen-bond acceptors (Lipinski definition) is 2. The van der Waals surface area contributed by atoms with Crippen molar-refractivity contribution in [1.29, 1.82) is 0 Å². The van der Waals surface area contributed by atoms with Gasteiger partial charge in [-0.05, 0) is 19.1 Å². The summed E-state index contributed by atoms with van der Waals surface area (Å²) in [6, 6.07) is 7.90. The number of rotatable bonds is 4. The zero-order valence-corrected chi connectivity index (χ0v) is 13.2. The van der Waals surface area contributed by atoms with Gasteiger partial charge in [0.2, 0.25) is 0 Å². The highest BCUT2D eigenvalue weighted by Crippen LogP contribution is 2.27. The van der Waals surface area contributed by atoms with Gasteiger partial charge in [0, 0.05) is 22.0 Å². The average molecular weight is 323 g/mol. The maximum Gasteiger partial charge on any atom is 0.145 e. The lowest BCUT2D eigenvalue weighted by Crippen LogP contribution is -1.99. The summed E-state index contributed by atoms with van der Waals surface area (Å²) in [7, 11) is 0. The first-order valence-corrected chi connectivity index (χ1v) is 6.83. The summed E-state index contributed by atoms with van der Waals surface area (Å²) in [6.07, 6.45) is 3.74. The molecule has 0 spiro atoms. The van der Waals surface area contributed by atoms with E-state index in [1.54, 1.807) is 6.08 Å². The molecule has 5 heteroatoms. The Morgan fingerprint density at radius 1 is 1.33 bits per heavy atom. The van der Waals surface area contributed by atoms with Crippen molar-refractivity contribution in [2.45, 2.75) is 13.5 Å². The SMILES string of the molecule is C=CCOCc1c(C)nc2c3cccc(Cl)c3ccn12.Cl. The smallest absolute Gasteiger partial charge is 0.145 e. The van der Waals surface area contributed by atoms with Gasteiger partial charge in [0.15, 0.2) is 0 Å². The van der Waals surface area contributed by atoms with Gasteiger partial charge < -0.3 is 9.14 Å². The summed E-state index contributed by atoms with van der Waals surface area (Å²) in [5.41, 5.74) is 2.95. The molecule has 0 saturated carbocycles. The zero-order chi connectivity index (χ0) is 14.1. The van der Waals surface area contributed by atoms with Crippen LogP contribution in [-0.4, -0.2) is 16.0 Å². The second kappa shape index (κ2) is 6.48. The maximum absolute atomic E-state index is 6.23. The molecule has 0 radical (unpaired) electrons. The van der Waals surface area contributed by atoms with Crippen LogP contribution in [-0.2, 0) is 11.3 Å². The van der Waals surface area contributed by atoms with Gasteiger partial charge in [-0.1, -0.05) is 29.8 Å². The molecule has 21 heavy (non-hydrogen) atoms. The molecule has 0 bridgehead atoms. The molecular weight excluding hydrogens is 307 g/mol. The normalized spacial score (nSPS) is 10.8. The standard InChI is InChI=1S/C16H15ClN2O.ClH/c1-3-9-20-10-15-11(2)18-16-13-5-4-6-14(17)12(13)7-8-19(15)16;/h3-8H,1,9-10H2,2H3;1H. The van der Waals surface area contributed by atoms with Crippen LogP contribution in [0.2, 0.25) is 5.02 Å². The number of benzene rings is 1. The molecule has 2 aromatic heterocycles. The molecule has 0 N–H and O–H groups in total. The van der Waals surface area contributed by atoms with Crippen LogP contribution < -0.4 is 0 Å². The maximum atomic E-state index is 6.23. The fraction of sp³-hybridized carbons (Fsp3) is 0.188. The number of hydrogen-bond donors (Lipinski definition) is 0. The summed E-state index contributed by atoms with van der Waals surface area (Å²) < 4.78 is 7.61. The third kappa shape index (κ3) is 2.77. The largest absolute Gasteiger partial charge is 0.371 e. The van der Waals surface area contributed by atoms with E-state index in [0.29, 0.717) is 13.2 Å². The molecule has 110 valence electrons. The summed E-state index contributed by atoms with van der Waals surface area (Å²) in [4.78, 5) is 4.66. The van der Waals surface area contributed by atoms with Crippen LogP contribution in [0.15, 0.2) is 43.1 Å². The first-order valence-electron chi connectivity index (χ1n) is 6.46. The van der Waals surface area contributed by atoms with Crippen molar-refractivity contribution in [2.75, 3.05) is 6.61 Å². The van der Waals surface area contributed by atoms with Gasteiger partial charge in [-0.15, -0.1) is 19.0 Å². The lowest BCUT2D eigenvalue weighted by atomic mass is 10.2. The van der Waals surface area contributed by atoms with Gasteiger partial charge in [-0.3, -0.25) is 0 Å². The average Bonchev–Trinajstić information content (AvgIpc) is 2.76. The number of aryl methyl sites for hydroxylation is 1.